The molecule has 1 amide bonds. The molecule has 1 aromatic carbocycles. The summed E-state index contributed by atoms with van der Waals surface area (Å²) in [5, 5.41) is 6.05. The summed E-state index contributed by atoms with van der Waals surface area (Å²) >= 11 is 0. The molecule has 0 aliphatic rings. The molecular formula is C16H21Cl2N3O. The first-order chi connectivity index (χ1) is 9.61. The van der Waals surface area contributed by atoms with Gasteiger partial charge in [-0.05, 0) is 44.7 Å². The van der Waals surface area contributed by atoms with Crippen LogP contribution in [0.1, 0.15) is 27.3 Å². The summed E-state index contributed by atoms with van der Waals surface area (Å²) in [5.41, 5.74) is 4.14. The predicted molar refractivity (Wildman–Crippen MR) is 95.4 cm³/mol. The Bertz CT molecular complexity index is 633. The number of anilines is 1. The zero-order valence-corrected chi connectivity index (χ0v) is 14.5. The van der Waals surface area contributed by atoms with Gasteiger partial charge in [0, 0.05) is 17.9 Å². The number of benzene rings is 1. The van der Waals surface area contributed by atoms with Gasteiger partial charge in [0.15, 0.2) is 0 Å². The van der Waals surface area contributed by atoms with Crippen molar-refractivity contribution in [2.24, 2.45) is 0 Å². The Labute approximate surface area is 143 Å². The minimum Gasteiger partial charge on any atom is -0.322 e. The molecule has 0 fully saturated rings. The van der Waals surface area contributed by atoms with E-state index in [0.717, 1.165) is 22.6 Å². The van der Waals surface area contributed by atoms with Crippen molar-refractivity contribution in [1.82, 2.24) is 10.3 Å². The number of nitrogens with zero attached hydrogens (tertiary/aromatic N) is 1. The summed E-state index contributed by atoms with van der Waals surface area (Å²) < 4.78 is 0. The highest BCUT2D eigenvalue weighted by Crippen LogP contribution is 2.17. The highest BCUT2D eigenvalue weighted by atomic mass is 35.5. The van der Waals surface area contributed by atoms with E-state index in [9.17, 15) is 4.79 Å². The summed E-state index contributed by atoms with van der Waals surface area (Å²) in [7, 11) is 1.88. The number of carbonyl (C=O) groups is 1. The van der Waals surface area contributed by atoms with Crippen LogP contribution in [-0.2, 0) is 6.54 Å². The van der Waals surface area contributed by atoms with Crippen LogP contribution < -0.4 is 10.6 Å². The first-order valence-electron chi connectivity index (χ1n) is 6.60. The normalized spacial score (nSPS) is 9.41. The predicted octanol–water partition coefficient (Wildman–Crippen LogP) is 3.51. The van der Waals surface area contributed by atoms with Crippen LogP contribution in [0.4, 0.5) is 5.69 Å². The number of hydrogen-bond acceptors (Lipinski definition) is 3. The molecule has 0 saturated carbocycles. The Morgan fingerprint density at radius 1 is 1.09 bits per heavy atom. The summed E-state index contributed by atoms with van der Waals surface area (Å²) in [6.45, 7) is 4.47. The third-order valence-electron chi connectivity index (χ3n) is 3.10. The second-order valence-electron chi connectivity index (χ2n) is 4.73. The van der Waals surface area contributed by atoms with Crippen molar-refractivity contribution >= 4 is 36.4 Å². The van der Waals surface area contributed by atoms with Crippen LogP contribution in [0.2, 0.25) is 0 Å². The van der Waals surface area contributed by atoms with E-state index in [4.69, 9.17) is 0 Å². The second-order valence-corrected chi connectivity index (χ2v) is 4.73. The van der Waals surface area contributed by atoms with Crippen LogP contribution >= 0.6 is 24.8 Å². The molecule has 0 aliphatic heterocycles. The highest BCUT2D eigenvalue weighted by Gasteiger charge is 2.11. The lowest BCUT2D eigenvalue weighted by Gasteiger charge is -2.12. The average Bonchev–Trinajstić information content (AvgIpc) is 2.41. The van der Waals surface area contributed by atoms with Gasteiger partial charge in [0.25, 0.3) is 5.91 Å². The summed E-state index contributed by atoms with van der Waals surface area (Å²) in [4.78, 5) is 16.7. The van der Waals surface area contributed by atoms with Gasteiger partial charge in [-0.25, -0.2) is 0 Å². The Balaban J connectivity index is 0.00000220. The van der Waals surface area contributed by atoms with Gasteiger partial charge in [-0.1, -0.05) is 18.2 Å². The lowest BCUT2D eigenvalue weighted by atomic mass is 10.1. The van der Waals surface area contributed by atoms with Gasteiger partial charge in [-0.3, -0.25) is 9.78 Å². The molecule has 0 saturated heterocycles. The number of nitrogens with one attached hydrogen (secondary N) is 2. The topological polar surface area (TPSA) is 54.0 Å². The van der Waals surface area contributed by atoms with E-state index < -0.39 is 0 Å². The highest BCUT2D eigenvalue weighted by molar-refractivity contribution is 6.05. The molecule has 2 rings (SSSR count). The molecule has 6 heteroatoms. The van der Waals surface area contributed by atoms with Crippen molar-refractivity contribution in [2.75, 3.05) is 12.4 Å². The van der Waals surface area contributed by atoms with E-state index in [2.05, 4.69) is 15.6 Å². The monoisotopic (exact) mass is 341 g/mol. The standard InChI is InChI=1S/C16H19N3O.2ClH/c1-11-8-9-14(12(2)18-11)16(20)19-15-7-5-4-6-13(15)10-17-3;;/h4-9,17H,10H2,1-3H3,(H,19,20);2*1H. The van der Waals surface area contributed by atoms with Crippen LogP contribution in [0.5, 0.6) is 0 Å². The van der Waals surface area contributed by atoms with E-state index in [-0.39, 0.29) is 30.7 Å². The summed E-state index contributed by atoms with van der Waals surface area (Å²) in [6, 6.07) is 11.4. The number of rotatable bonds is 4. The number of aryl methyl sites for hydroxylation is 2. The van der Waals surface area contributed by atoms with E-state index >= 15 is 0 Å². The molecule has 0 unspecified atom stereocenters. The summed E-state index contributed by atoms with van der Waals surface area (Å²) in [6.07, 6.45) is 0. The fraction of sp³-hybridized carbons (Fsp3) is 0.250. The molecule has 1 aromatic heterocycles. The third-order valence-corrected chi connectivity index (χ3v) is 3.10. The fourth-order valence-corrected chi connectivity index (χ4v) is 2.10. The van der Waals surface area contributed by atoms with E-state index in [1.807, 2.05) is 57.3 Å². The van der Waals surface area contributed by atoms with Gasteiger partial charge in [0.05, 0.1) is 11.3 Å². The maximum Gasteiger partial charge on any atom is 0.257 e. The zero-order valence-electron chi connectivity index (χ0n) is 12.8. The van der Waals surface area contributed by atoms with Crippen LogP contribution in [0.3, 0.4) is 0 Å². The molecule has 4 nitrogen and oxygen atoms in total. The van der Waals surface area contributed by atoms with Gasteiger partial charge in [-0.15, -0.1) is 24.8 Å². The summed E-state index contributed by atoms with van der Waals surface area (Å²) in [5.74, 6) is -0.126. The Hall–Kier alpha value is -1.62. The number of halogens is 2. The Morgan fingerprint density at radius 3 is 2.41 bits per heavy atom. The molecule has 0 spiro atoms. The van der Waals surface area contributed by atoms with E-state index in [1.165, 1.54) is 0 Å². The molecule has 120 valence electrons. The van der Waals surface area contributed by atoms with Crippen molar-refractivity contribution in [3.05, 3.63) is 58.9 Å². The van der Waals surface area contributed by atoms with E-state index in [0.29, 0.717) is 12.1 Å². The zero-order chi connectivity index (χ0) is 14.5. The minimum atomic E-state index is -0.126. The van der Waals surface area contributed by atoms with Crippen molar-refractivity contribution < 1.29 is 4.79 Å². The van der Waals surface area contributed by atoms with E-state index in [1.54, 1.807) is 0 Å². The van der Waals surface area contributed by atoms with Crippen molar-refractivity contribution in [3.8, 4) is 0 Å². The lowest BCUT2D eigenvalue weighted by Crippen LogP contribution is -2.17. The Kier molecular flexibility index (Phi) is 8.72. The first kappa shape index (κ1) is 20.4. The molecule has 0 atom stereocenters. The quantitative estimate of drug-likeness (QED) is 0.894. The van der Waals surface area contributed by atoms with Crippen LogP contribution in [0.25, 0.3) is 0 Å². The van der Waals surface area contributed by atoms with Gasteiger partial charge in [0.1, 0.15) is 0 Å². The number of hydrogen-bond donors (Lipinski definition) is 2. The minimum absolute atomic E-state index is 0. The molecule has 0 radical (unpaired) electrons. The third kappa shape index (κ3) is 4.98. The van der Waals surface area contributed by atoms with Gasteiger partial charge in [-0.2, -0.15) is 0 Å². The Morgan fingerprint density at radius 2 is 1.77 bits per heavy atom. The molecule has 1 heterocycles. The molecule has 2 aromatic rings. The van der Waals surface area contributed by atoms with Crippen molar-refractivity contribution in [3.63, 3.8) is 0 Å². The molecule has 22 heavy (non-hydrogen) atoms. The number of pyridine rings is 1. The van der Waals surface area contributed by atoms with Crippen LogP contribution in [-0.4, -0.2) is 17.9 Å². The maximum absolute atomic E-state index is 12.3. The van der Waals surface area contributed by atoms with Crippen molar-refractivity contribution in [1.29, 1.82) is 0 Å². The molecule has 0 aliphatic carbocycles. The number of aromatic nitrogens is 1. The average molecular weight is 342 g/mol. The molecule has 2 N–H and O–H groups in total. The largest absolute Gasteiger partial charge is 0.322 e. The fourth-order valence-electron chi connectivity index (χ4n) is 2.10. The molecule has 0 bridgehead atoms. The smallest absolute Gasteiger partial charge is 0.257 e. The van der Waals surface area contributed by atoms with Gasteiger partial charge >= 0.3 is 0 Å². The van der Waals surface area contributed by atoms with Crippen molar-refractivity contribution in [2.45, 2.75) is 20.4 Å². The maximum atomic E-state index is 12.3. The number of carbonyl (C=O) groups excluding carboxylic acids is 1. The van der Waals surface area contributed by atoms with Gasteiger partial charge < -0.3 is 10.6 Å². The van der Waals surface area contributed by atoms with Crippen LogP contribution in [0.15, 0.2) is 36.4 Å². The van der Waals surface area contributed by atoms with Crippen LogP contribution in [0, 0.1) is 13.8 Å². The SMILES string of the molecule is CNCc1ccccc1NC(=O)c1ccc(C)nc1C.Cl.Cl. The molecular weight excluding hydrogens is 321 g/mol. The number of amides is 1. The lowest BCUT2D eigenvalue weighted by molar-refractivity contribution is 0.102. The number of para-hydroxylation sites is 1. The van der Waals surface area contributed by atoms with Gasteiger partial charge in [0.2, 0.25) is 0 Å². The first-order valence-corrected chi connectivity index (χ1v) is 6.60. The second kappa shape index (κ2) is 9.41.